The van der Waals surface area contributed by atoms with Crippen LogP contribution in [0, 0.1) is 19.8 Å². The van der Waals surface area contributed by atoms with Gasteiger partial charge in [-0.2, -0.15) is 0 Å². The smallest absolute Gasteiger partial charge is 0.191 e. The van der Waals surface area contributed by atoms with Crippen molar-refractivity contribution in [3.05, 3.63) is 52.8 Å². The number of hydrogen-bond donors (Lipinski definition) is 0. The maximum absolute atomic E-state index is 4.72. The molecule has 2 fully saturated rings. The molecule has 0 bridgehead atoms. The molecule has 0 N–H and O–H groups in total. The fraction of sp³-hybridized carbons (Fsp3) is 0.440. The van der Waals surface area contributed by atoms with E-state index >= 15 is 0 Å². The Kier molecular flexibility index (Phi) is 5.27. The SMILES string of the molecule is Cc1ccc(-c2nnc(SCCCN3C[C@@H]4C[C@]4(c4ccc5sc(C)nc5c4)C3)n2C)cn1. The maximum atomic E-state index is 4.72. The molecule has 1 aliphatic heterocycles. The number of nitrogens with zero attached hydrogens (tertiary/aromatic N) is 6. The van der Waals surface area contributed by atoms with Crippen molar-refractivity contribution < 1.29 is 0 Å². The van der Waals surface area contributed by atoms with Crippen molar-refractivity contribution in [1.82, 2.24) is 29.6 Å². The Morgan fingerprint density at radius 3 is 2.94 bits per heavy atom. The van der Waals surface area contributed by atoms with Gasteiger partial charge < -0.3 is 9.47 Å². The van der Waals surface area contributed by atoms with E-state index in [0.29, 0.717) is 5.41 Å². The van der Waals surface area contributed by atoms with Crippen LogP contribution in [0.25, 0.3) is 21.6 Å². The van der Waals surface area contributed by atoms with Crippen LogP contribution in [0.2, 0.25) is 0 Å². The normalized spacial score (nSPS) is 22.2. The van der Waals surface area contributed by atoms with E-state index in [9.17, 15) is 0 Å². The van der Waals surface area contributed by atoms with Crippen molar-refractivity contribution >= 4 is 33.3 Å². The Balaban J connectivity index is 1.03. The van der Waals surface area contributed by atoms with Crippen molar-refractivity contribution in [1.29, 1.82) is 0 Å². The fourth-order valence-corrected chi connectivity index (χ4v) is 6.94. The second-order valence-corrected chi connectivity index (χ2v) is 11.8. The molecular formula is C25H28N6S2. The summed E-state index contributed by atoms with van der Waals surface area (Å²) in [6.45, 7) is 7.65. The molecule has 1 saturated carbocycles. The van der Waals surface area contributed by atoms with Gasteiger partial charge in [-0.1, -0.05) is 17.8 Å². The summed E-state index contributed by atoms with van der Waals surface area (Å²) in [7, 11) is 2.04. The Morgan fingerprint density at radius 2 is 2.09 bits per heavy atom. The molecule has 0 radical (unpaired) electrons. The third kappa shape index (κ3) is 3.88. The molecule has 0 unspecified atom stereocenters. The summed E-state index contributed by atoms with van der Waals surface area (Å²) in [5.41, 5.74) is 5.07. The summed E-state index contributed by atoms with van der Waals surface area (Å²) in [6.07, 6.45) is 4.37. The Morgan fingerprint density at radius 1 is 1.18 bits per heavy atom. The number of likely N-dealkylation sites (tertiary alicyclic amines) is 1. The molecule has 4 heterocycles. The van der Waals surface area contributed by atoms with Crippen LogP contribution in [0.1, 0.15) is 29.1 Å². The minimum Gasteiger partial charge on any atom is -0.305 e. The first kappa shape index (κ1) is 21.3. The second-order valence-electron chi connectivity index (χ2n) is 9.46. The first-order valence-corrected chi connectivity index (χ1v) is 13.4. The molecule has 6 rings (SSSR count). The molecule has 3 aromatic heterocycles. The third-order valence-corrected chi connectivity index (χ3v) is 9.20. The Hall–Kier alpha value is -2.29. The van der Waals surface area contributed by atoms with Gasteiger partial charge in [0.2, 0.25) is 0 Å². The van der Waals surface area contributed by atoms with Crippen LogP contribution in [0.15, 0.2) is 41.7 Å². The molecule has 1 aliphatic carbocycles. The quantitative estimate of drug-likeness (QED) is 0.280. The largest absolute Gasteiger partial charge is 0.305 e. The number of benzene rings is 1. The fourth-order valence-electron chi connectivity index (χ4n) is 5.30. The van der Waals surface area contributed by atoms with Crippen molar-refractivity contribution in [3.63, 3.8) is 0 Å². The van der Waals surface area contributed by atoms with Crippen LogP contribution < -0.4 is 0 Å². The van der Waals surface area contributed by atoms with E-state index in [1.54, 1.807) is 23.1 Å². The van der Waals surface area contributed by atoms with Gasteiger partial charge in [-0.3, -0.25) is 4.98 Å². The van der Waals surface area contributed by atoms with Gasteiger partial charge in [-0.05, 0) is 69.0 Å². The molecule has 1 saturated heterocycles. The number of thioether (sulfide) groups is 1. The average molecular weight is 477 g/mol. The highest BCUT2D eigenvalue weighted by Gasteiger charge is 2.60. The van der Waals surface area contributed by atoms with Crippen molar-refractivity contribution in [2.45, 2.75) is 37.3 Å². The van der Waals surface area contributed by atoms with E-state index < -0.39 is 0 Å². The lowest BCUT2D eigenvalue weighted by atomic mass is 9.95. The predicted octanol–water partition coefficient (Wildman–Crippen LogP) is 4.86. The third-order valence-electron chi connectivity index (χ3n) is 7.14. The van der Waals surface area contributed by atoms with Gasteiger partial charge in [-0.15, -0.1) is 21.5 Å². The van der Waals surface area contributed by atoms with Gasteiger partial charge in [0.05, 0.1) is 15.2 Å². The van der Waals surface area contributed by atoms with Gasteiger partial charge in [0.15, 0.2) is 11.0 Å². The molecule has 0 spiro atoms. The summed E-state index contributed by atoms with van der Waals surface area (Å²) < 4.78 is 3.38. The molecule has 0 amide bonds. The molecule has 6 nitrogen and oxygen atoms in total. The minimum atomic E-state index is 0.374. The van der Waals surface area contributed by atoms with Crippen LogP contribution in [0.4, 0.5) is 0 Å². The molecule has 8 heteroatoms. The summed E-state index contributed by atoms with van der Waals surface area (Å²) in [4.78, 5) is 11.8. The molecule has 2 aliphatic rings. The zero-order chi connectivity index (χ0) is 22.6. The Labute approximate surface area is 202 Å². The highest BCUT2D eigenvalue weighted by Crippen LogP contribution is 2.59. The summed E-state index contributed by atoms with van der Waals surface area (Å²) in [5.74, 6) is 2.74. The highest BCUT2D eigenvalue weighted by molar-refractivity contribution is 7.99. The molecule has 33 heavy (non-hydrogen) atoms. The summed E-state index contributed by atoms with van der Waals surface area (Å²) >= 11 is 3.59. The van der Waals surface area contributed by atoms with Gasteiger partial charge >= 0.3 is 0 Å². The number of piperidine rings is 1. The molecule has 170 valence electrons. The topological polar surface area (TPSA) is 59.7 Å². The van der Waals surface area contributed by atoms with Crippen LogP contribution in [0.3, 0.4) is 0 Å². The van der Waals surface area contributed by atoms with E-state index in [0.717, 1.165) is 51.9 Å². The number of thiazole rings is 1. The van der Waals surface area contributed by atoms with E-state index in [1.807, 2.05) is 26.2 Å². The van der Waals surface area contributed by atoms with Crippen LogP contribution >= 0.6 is 23.1 Å². The monoisotopic (exact) mass is 476 g/mol. The second kappa shape index (κ2) is 8.18. The number of rotatable bonds is 7. The van der Waals surface area contributed by atoms with Crippen molar-refractivity contribution in [2.75, 3.05) is 25.4 Å². The zero-order valence-corrected chi connectivity index (χ0v) is 20.9. The first-order valence-electron chi connectivity index (χ1n) is 11.6. The lowest BCUT2D eigenvalue weighted by molar-refractivity contribution is 0.299. The van der Waals surface area contributed by atoms with E-state index in [2.05, 4.69) is 55.8 Å². The molecule has 2 atom stereocenters. The number of aryl methyl sites for hydroxylation is 2. The Bertz CT molecular complexity index is 1310. The summed E-state index contributed by atoms with van der Waals surface area (Å²) in [5, 5.41) is 10.9. The molecule has 1 aromatic carbocycles. The lowest BCUT2D eigenvalue weighted by Crippen LogP contribution is -2.27. The zero-order valence-electron chi connectivity index (χ0n) is 19.3. The van der Waals surface area contributed by atoms with Gasteiger partial charge in [-0.25, -0.2) is 4.98 Å². The lowest BCUT2D eigenvalue weighted by Gasteiger charge is -2.21. The standard InChI is InChI=1S/C25H28N6S2/c1-16-5-6-18(13-26-16)23-28-29-24(30(23)3)32-10-4-9-31-14-20-12-25(20,15-31)19-7-8-22-21(11-19)27-17(2)33-22/h5-8,11,13,20H,4,9-10,12,14-15H2,1-3H3/t20-,25+/m0/s1. The van der Waals surface area contributed by atoms with Gasteiger partial charge in [0, 0.05) is 48.8 Å². The maximum Gasteiger partial charge on any atom is 0.191 e. The van der Waals surface area contributed by atoms with Crippen LogP contribution in [-0.2, 0) is 12.5 Å². The number of fused-ring (bicyclic) bond motifs is 2. The van der Waals surface area contributed by atoms with E-state index in [-0.39, 0.29) is 0 Å². The average Bonchev–Trinajstić information content (AvgIpc) is 3.08. The van der Waals surface area contributed by atoms with Crippen molar-refractivity contribution in [3.8, 4) is 11.4 Å². The van der Waals surface area contributed by atoms with Crippen molar-refractivity contribution in [2.24, 2.45) is 13.0 Å². The summed E-state index contributed by atoms with van der Waals surface area (Å²) in [6, 6.07) is 11.1. The molecule has 4 aromatic rings. The van der Waals surface area contributed by atoms with Gasteiger partial charge in [0.25, 0.3) is 0 Å². The molecular weight excluding hydrogens is 448 g/mol. The van der Waals surface area contributed by atoms with E-state index in [1.165, 1.54) is 35.3 Å². The van der Waals surface area contributed by atoms with E-state index in [4.69, 9.17) is 4.98 Å². The van der Waals surface area contributed by atoms with Crippen LogP contribution in [-0.4, -0.2) is 55.0 Å². The number of aromatic nitrogens is 5. The van der Waals surface area contributed by atoms with Crippen LogP contribution in [0.5, 0.6) is 0 Å². The first-order chi connectivity index (χ1) is 16.0. The minimum absolute atomic E-state index is 0.374. The van der Waals surface area contributed by atoms with Gasteiger partial charge in [0.1, 0.15) is 0 Å². The highest BCUT2D eigenvalue weighted by atomic mass is 32.2. The number of pyridine rings is 1. The predicted molar refractivity (Wildman–Crippen MR) is 135 cm³/mol. The number of hydrogen-bond acceptors (Lipinski definition) is 7.